The highest BCUT2D eigenvalue weighted by Gasteiger charge is 2.20. The summed E-state index contributed by atoms with van der Waals surface area (Å²) in [6.07, 6.45) is 0. The van der Waals surface area contributed by atoms with Crippen LogP contribution in [0.4, 0.5) is 14.5 Å². The van der Waals surface area contributed by atoms with Gasteiger partial charge in [-0.3, -0.25) is 9.59 Å². The number of rotatable bonds is 9. The average molecular weight is 438 g/mol. The fourth-order valence-electron chi connectivity index (χ4n) is 2.41. The lowest BCUT2D eigenvalue weighted by atomic mass is 10.1. The largest absolute Gasteiger partial charge is 0.496 e. The van der Waals surface area contributed by atoms with Gasteiger partial charge in [0, 0.05) is 23.9 Å². The Bertz CT molecular complexity index is 982. The Hall–Kier alpha value is -3.89. The molecule has 31 heavy (non-hydrogen) atoms. The average Bonchev–Trinajstić information content (AvgIpc) is 2.77. The van der Waals surface area contributed by atoms with Gasteiger partial charge in [0.1, 0.15) is 11.3 Å². The highest BCUT2D eigenvalue weighted by atomic mass is 19.2. The highest BCUT2D eigenvalue weighted by Crippen LogP contribution is 2.34. The Morgan fingerprint density at radius 2 is 1.48 bits per heavy atom. The van der Waals surface area contributed by atoms with Crippen molar-refractivity contribution in [3.05, 3.63) is 47.5 Å². The van der Waals surface area contributed by atoms with Crippen molar-refractivity contribution >= 4 is 23.5 Å². The second kappa shape index (κ2) is 10.8. The maximum absolute atomic E-state index is 13.1. The topological polar surface area (TPSA) is 112 Å². The summed E-state index contributed by atoms with van der Waals surface area (Å²) in [5.41, 5.74) is 0.0224. The predicted octanol–water partition coefficient (Wildman–Crippen LogP) is 1.90. The highest BCUT2D eigenvalue weighted by molar-refractivity contribution is 5.96. The standard InChI is InChI=1S/C20H20F2N2O7/c1-28-15-8-17(30-3)16(29-2)7-12(15)20(27)31-10-19(26)23-9-18(25)24-11-4-5-13(21)14(22)6-11/h4-8H,9-10H2,1-3H3,(H,23,26)(H,24,25). The zero-order chi connectivity index (χ0) is 23.0. The molecular weight excluding hydrogens is 418 g/mol. The molecule has 0 saturated carbocycles. The van der Waals surface area contributed by atoms with E-state index in [4.69, 9.17) is 18.9 Å². The quantitative estimate of drug-likeness (QED) is 0.575. The zero-order valence-electron chi connectivity index (χ0n) is 16.9. The summed E-state index contributed by atoms with van der Waals surface area (Å²) >= 11 is 0. The number of carbonyl (C=O) groups excluding carboxylic acids is 3. The maximum Gasteiger partial charge on any atom is 0.342 e. The summed E-state index contributed by atoms with van der Waals surface area (Å²) in [6.45, 7) is -1.15. The molecule has 0 aliphatic rings. The van der Waals surface area contributed by atoms with Crippen LogP contribution in [0.5, 0.6) is 17.2 Å². The molecule has 0 bridgehead atoms. The van der Waals surface area contributed by atoms with Gasteiger partial charge < -0.3 is 29.6 Å². The van der Waals surface area contributed by atoms with Crippen molar-refractivity contribution in [2.24, 2.45) is 0 Å². The van der Waals surface area contributed by atoms with Crippen LogP contribution in [0.3, 0.4) is 0 Å². The van der Waals surface area contributed by atoms with Crippen LogP contribution in [-0.2, 0) is 14.3 Å². The van der Waals surface area contributed by atoms with Crippen molar-refractivity contribution in [2.75, 3.05) is 39.8 Å². The third-order valence-corrected chi connectivity index (χ3v) is 3.91. The molecule has 2 N–H and O–H groups in total. The number of amides is 2. The van der Waals surface area contributed by atoms with Gasteiger partial charge in [0.25, 0.3) is 5.91 Å². The molecule has 0 radical (unpaired) electrons. The molecule has 2 amide bonds. The first kappa shape index (κ1) is 23.4. The van der Waals surface area contributed by atoms with Gasteiger partial charge in [-0.25, -0.2) is 13.6 Å². The fourth-order valence-corrected chi connectivity index (χ4v) is 2.41. The minimum absolute atomic E-state index is 0.00373. The lowest BCUT2D eigenvalue weighted by Gasteiger charge is -2.13. The van der Waals surface area contributed by atoms with Crippen LogP contribution < -0.4 is 24.8 Å². The number of nitrogens with one attached hydrogen (secondary N) is 2. The molecule has 9 nitrogen and oxygen atoms in total. The first-order valence-electron chi connectivity index (χ1n) is 8.77. The van der Waals surface area contributed by atoms with Crippen LogP contribution in [0.25, 0.3) is 0 Å². The van der Waals surface area contributed by atoms with Gasteiger partial charge in [0.2, 0.25) is 5.91 Å². The number of hydrogen-bond acceptors (Lipinski definition) is 7. The summed E-state index contributed by atoms with van der Waals surface area (Å²) in [5, 5.41) is 4.52. The number of benzene rings is 2. The molecule has 0 heterocycles. The molecule has 0 spiro atoms. The van der Waals surface area contributed by atoms with Gasteiger partial charge in [-0.05, 0) is 12.1 Å². The summed E-state index contributed by atoms with van der Waals surface area (Å²) in [7, 11) is 4.15. The van der Waals surface area contributed by atoms with Gasteiger partial charge >= 0.3 is 5.97 Å². The smallest absolute Gasteiger partial charge is 0.342 e. The van der Waals surface area contributed by atoms with E-state index in [1.807, 2.05) is 0 Å². The summed E-state index contributed by atoms with van der Waals surface area (Å²) in [6, 6.07) is 5.58. The molecule has 11 heteroatoms. The van der Waals surface area contributed by atoms with Crippen molar-refractivity contribution in [1.29, 1.82) is 0 Å². The summed E-state index contributed by atoms with van der Waals surface area (Å²) in [5.74, 6) is -3.75. The SMILES string of the molecule is COc1cc(OC)c(C(=O)OCC(=O)NCC(=O)Nc2ccc(F)c(F)c2)cc1OC. The van der Waals surface area contributed by atoms with Crippen LogP contribution >= 0.6 is 0 Å². The Morgan fingerprint density at radius 3 is 2.10 bits per heavy atom. The summed E-state index contributed by atoms with van der Waals surface area (Å²) in [4.78, 5) is 36.0. The van der Waals surface area contributed by atoms with Crippen molar-refractivity contribution < 1.29 is 42.1 Å². The third-order valence-electron chi connectivity index (χ3n) is 3.91. The zero-order valence-corrected chi connectivity index (χ0v) is 16.9. The lowest BCUT2D eigenvalue weighted by molar-refractivity contribution is -0.126. The van der Waals surface area contributed by atoms with Crippen molar-refractivity contribution in [1.82, 2.24) is 5.32 Å². The Labute approximate surface area is 176 Å². The minimum Gasteiger partial charge on any atom is -0.496 e. The number of ether oxygens (including phenoxy) is 4. The van der Waals surface area contributed by atoms with Crippen LogP contribution in [0.2, 0.25) is 0 Å². The van der Waals surface area contributed by atoms with Crippen LogP contribution in [0.1, 0.15) is 10.4 Å². The molecule has 2 rings (SSSR count). The molecule has 0 aliphatic heterocycles. The summed E-state index contributed by atoms with van der Waals surface area (Å²) < 4.78 is 46.3. The molecule has 2 aromatic rings. The number of halogens is 2. The van der Waals surface area contributed by atoms with E-state index in [9.17, 15) is 23.2 Å². The first-order valence-corrected chi connectivity index (χ1v) is 8.77. The van der Waals surface area contributed by atoms with E-state index in [-0.39, 0.29) is 22.7 Å². The molecule has 0 aromatic heterocycles. The van der Waals surface area contributed by atoms with Crippen LogP contribution in [0.15, 0.2) is 30.3 Å². The molecule has 0 saturated heterocycles. The monoisotopic (exact) mass is 438 g/mol. The number of methoxy groups -OCH3 is 3. The first-order chi connectivity index (χ1) is 14.8. The third kappa shape index (κ3) is 6.29. The van der Waals surface area contributed by atoms with Gasteiger partial charge in [0.05, 0.1) is 27.9 Å². The van der Waals surface area contributed by atoms with Gasteiger partial charge in [-0.1, -0.05) is 0 Å². The van der Waals surface area contributed by atoms with E-state index < -0.39 is 42.6 Å². The van der Waals surface area contributed by atoms with E-state index >= 15 is 0 Å². The van der Waals surface area contributed by atoms with Gasteiger partial charge in [0.15, 0.2) is 29.7 Å². The number of esters is 1. The van der Waals surface area contributed by atoms with Crippen molar-refractivity contribution in [3.8, 4) is 17.2 Å². The minimum atomic E-state index is -1.13. The molecule has 0 unspecified atom stereocenters. The molecule has 0 fully saturated rings. The second-order valence-electron chi connectivity index (χ2n) is 5.94. The molecule has 166 valence electrons. The fraction of sp³-hybridized carbons (Fsp3) is 0.250. The lowest BCUT2D eigenvalue weighted by Crippen LogP contribution is -2.35. The van der Waals surface area contributed by atoms with E-state index in [1.54, 1.807) is 0 Å². The molecule has 2 aromatic carbocycles. The number of anilines is 1. The Morgan fingerprint density at radius 1 is 0.839 bits per heavy atom. The molecule has 0 aliphatic carbocycles. The van der Waals surface area contributed by atoms with E-state index in [0.717, 1.165) is 18.2 Å². The maximum atomic E-state index is 13.1. The van der Waals surface area contributed by atoms with E-state index in [1.165, 1.54) is 33.5 Å². The van der Waals surface area contributed by atoms with E-state index in [0.29, 0.717) is 5.75 Å². The molecule has 0 atom stereocenters. The number of carbonyl (C=O) groups is 3. The Balaban J connectivity index is 1.88. The number of hydrogen-bond donors (Lipinski definition) is 2. The van der Waals surface area contributed by atoms with E-state index in [2.05, 4.69) is 10.6 Å². The predicted molar refractivity (Wildman–Crippen MR) is 104 cm³/mol. The van der Waals surface area contributed by atoms with Gasteiger partial charge in [-0.15, -0.1) is 0 Å². The van der Waals surface area contributed by atoms with Crippen molar-refractivity contribution in [3.63, 3.8) is 0 Å². The van der Waals surface area contributed by atoms with Gasteiger partial charge in [-0.2, -0.15) is 0 Å². The van der Waals surface area contributed by atoms with Crippen molar-refractivity contribution in [2.45, 2.75) is 0 Å². The normalized spacial score (nSPS) is 10.1. The van der Waals surface area contributed by atoms with Crippen LogP contribution in [0, 0.1) is 11.6 Å². The molecular formula is C20H20F2N2O7. The Kier molecular flexibility index (Phi) is 8.12. The van der Waals surface area contributed by atoms with Crippen LogP contribution in [-0.4, -0.2) is 52.3 Å². The second-order valence-corrected chi connectivity index (χ2v) is 5.94.